The van der Waals surface area contributed by atoms with Gasteiger partial charge in [0.25, 0.3) is 5.91 Å². The maximum absolute atomic E-state index is 13.1. The third kappa shape index (κ3) is 5.35. The number of amides is 1. The maximum Gasteiger partial charge on any atom is 0.471 e. The maximum atomic E-state index is 13.1. The van der Waals surface area contributed by atoms with Crippen molar-refractivity contribution in [1.29, 1.82) is 0 Å². The zero-order valence-corrected chi connectivity index (χ0v) is 18.2. The third-order valence-electron chi connectivity index (χ3n) is 5.09. The first kappa shape index (κ1) is 23.2. The minimum Gasteiger partial charge on any atom is -0.379 e. The van der Waals surface area contributed by atoms with Crippen molar-refractivity contribution in [3.8, 4) is 11.4 Å². The van der Waals surface area contributed by atoms with Crippen molar-refractivity contribution in [1.82, 2.24) is 15.2 Å². The fourth-order valence-electron chi connectivity index (χ4n) is 3.12. The number of ether oxygens (including phenoxy) is 1. The summed E-state index contributed by atoms with van der Waals surface area (Å²) in [5.74, 6) is -1.82. The Balaban J connectivity index is 1.48. The van der Waals surface area contributed by atoms with Crippen LogP contribution in [0.5, 0.6) is 0 Å². The number of hydrogen-bond donors (Lipinski definition) is 0. The second kappa shape index (κ2) is 9.12. The average Bonchev–Trinajstić information content (AvgIpc) is 3.27. The minimum absolute atomic E-state index is 0.127. The van der Waals surface area contributed by atoms with Gasteiger partial charge >= 0.3 is 12.1 Å². The first-order valence-electron chi connectivity index (χ1n) is 9.91. The van der Waals surface area contributed by atoms with Gasteiger partial charge < -0.3 is 9.26 Å². The van der Waals surface area contributed by atoms with E-state index in [4.69, 9.17) is 21.2 Å². The number of aromatic nitrogens is 2. The number of carbonyl (C=O) groups is 1. The van der Waals surface area contributed by atoms with Gasteiger partial charge in [-0.05, 0) is 30.2 Å². The summed E-state index contributed by atoms with van der Waals surface area (Å²) >= 11 is 5.91. The molecule has 1 amide bonds. The molecule has 1 saturated heterocycles. The molecule has 0 aliphatic carbocycles. The first-order valence-corrected chi connectivity index (χ1v) is 10.3. The summed E-state index contributed by atoms with van der Waals surface area (Å²) < 4.78 is 47.5. The molecule has 3 aromatic rings. The average molecular weight is 482 g/mol. The fourth-order valence-corrected chi connectivity index (χ4v) is 3.25. The summed E-state index contributed by atoms with van der Waals surface area (Å²) in [6, 6.07) is 13.5. The Kier molecular flexibility index (Phi) is 6.42. The van der Waals surface area contributed by atoms with E-state index >= 15 is 0 Å². The Labute approximate surface area is 192 Å². The van der Waals surface area contributed by atoms with Crippen LogP contribution in [0.2, 0.25) is 5.02 Å². The third-order valence-corrected chi connectivity index (χ3v) is 5.34. The molecule has 7 nitrogen and oxygen atoms in total. The lowest BCUT2D eigenvalue weighted by Crippen LogP contribution is -2.53. The molecule has 1 aliphatic heterocycles. The molecule has 2 aromatic carbocycles. The van der Waals surface area contributed by atoms with E-state index in [-0.39, 0.29) is 24.9 Å². The summed E-state index contributed by atoms with van der Waals surface area (Å²) in [4.78, 5) is 22.3. The molecule has 0 radical (unpaired) electrons. The lowest BCUT2D eigenvalue weighted by Gasteiger charge is -2.39. The Bertz CT molecular complexity index is 1110. The van der Waals surface area contributed by atoms with Crippen molar-refractivity contribution in [2.45, 2.75) is 26.3 Å². The lowest BCUT2D eigenvalue weighted by atomic mass is 9.87. The van der Waals surface area contributed by atoms with E-state index in [2.05, 4.69) is 14.7 Å². The second-order valence-electron chi connectivity index (χ2n) is 7.91. The van der Waals surface area contributed by atoms with E-state index in [9.17, 15) is 18.0 Å². The zero-order chi connectivity index (χ0) is 23.6. The molecule has 0 spiro atoms. The number of benzene rings is 2. The summed E-state index contributed by atoms with van der Waals surface area (Å²) in [5, 5.41) is 5.25. The van der Waals surface area contributed by atoms with Crippen LogP contribution in [0.15, 0.2) is 53.1 Å². The van der Waals surface area contributed by atoms with Crippen LogP contribution in [-0.2, 0) is 33.7 Å². The van der Waals surface area contributed by atoms with Crippen LogP contribution >= 0.6 is 11.6 Å². The number of halogens is 4. The molecule has 1 aliphatic rings. The molecule has 0 unspecified atom stereocenters. The molecule has 174 valence electrons. The van der Waals surface area contributed by atoms with Gasteiger partial charge in [0.15, 0.2) is 0 Å². The van der Waals surface area contributed by atoms with Crippen LogP contribution in [0.4, 0.5) is 13.2 Å². The molecule has 4 rings (SSSR count). The Morgan fingerprint density at radius 1 is 1.12 bits per heavy atom. The van der Waals surface area contributed by atoms with Crippen molar-refractivity contribution in [3.63, 3.8) is 0 Å². The van der Waals surface area contributed by atoms with Crippen LogP contribution in [0, 0.1) is 5.41 Å². The van der Waals surface area contributed by atoms with Crippen LogP contribution in [0.3, 0.4) is 0 Å². The van der Waals surface area contributed by atoms with Gasteiger partial charge in [-0.1, -0.05) is 53.2 Å². The number of alkyl halides is 3. The lowest BCUT2D eigenvalue weighted by molar-refractivity contribution is -0.223. The molecule has 2 heterocycles. The molecule has 0 N–H and O–H groups in total. The normalized spacial score (nSPS) is 15.2. The molecule has 11 heteroatoms. The van der Waals surface area contributed by atoms with Crippen molar-refractivity contribution >= 4 is 17.5 Å². The Morgan fingerprint density at radius 3 is 2.30 bits per heavy atom. The topological polar surface area (TPSA) is 77.7 Å². The number of rotatable bonds is 7. The standard InChI is InChI=1S/C22H19ClF3N3O4/c1-21(12-31-13-21)20(30)29(32-11-15-4-8-17(23)9-5-15)10-14-2-6-16(7-3-14)18-27-19(33-28-18)22(24,25)26/h2-9H,10-13H2,1H3. The second-order valence-corrected chi connectivity index (χ2v) is 8.35. The molecule has 0 atom stereocenters. The van der Waals surface area contributed by atoms with Gasteiger partial charge in [0.05, 0.1) is 25.2 Å². The summed E-state index contributed by atoms with van der Waals surface area (Å²) in [7, 11) is 0. The molecular weight excluding hydrogens is 463 g/mol. The highest BCUT2D eigenvalue weighted by Gasteiger charge is 2.44. The van der Waals surface area contributed by atoms with Crippen LogP contribution < -0.4 is 0 Å². The van der Waals surface area contributed by atoms with E-state index in [0.717, 1.165) is 5.56 Å². The zero-order valence-electron chi connectivity index (χ0n) is 17.4. The largest absolute Gasteiger partial charge is 0.471 e. The number of carbonyl (C=O) groups excluding carboxylic acids is 1. The smallest absolute Gasteiger partial charge is 0.379 e. The van der Waals surface area contributed by atoms with Gasteiger partial charge in [-0.15, -0.1) is 0 Å². The molecule has 0 saturated carbocycles. The molecule has 0 bridgehead atoms. The van der Waals surface area contributed by atoms with Gasteiger partial charge in [0.1, 0.15) is 6.61 Å². The van der Waals surface area contributed by atoms with Crippen molar-refractivity contribution in [2.24, 2.45) is 5.41 Å². The SMILES string of the molecule is CC1(C(=O)N(Cc2ccc(-c3noc(C(F)(F)F)n3)cc2)OCc2ccc(Cl)cc2)COC1. The highest BCUT2D eigenvalue weighted by molar-refractivity contribution is 6.30. The van der Waals surface area contributed by atoms with Crippen LogP contribution in [0.1, 0.15) is 23.9 Å². The summed E-state index contributed by atoms with van der Waals surface area (Å²) in [6.07, 6.45) is -4.71. The van der Waals surface area contributed by atoms with Gasteiger partial charge in [-0.2, -0.15) is 18.2 Å². The number of hydrogen-bond acceptors (Lipinski definition) is 6. The van der Waals surface area contributed by atoms with Gasteiger partial charge in [-0.3, -0.25) is 9.63 Å². The monoisotopic (exact) mass is 481 g/mol. The van der Waals surface area contributed by atoms with E-state index in [1.54, 1.807) is 55.5 Å². The van der Waals surface area contributed by atoms with Gasteiger partial charge in [0.2, 0.25) is 5.82 Å². The van der Waals surface area contributed by atoms with Crippen LogP contribution in [-0.4, -0.2) is 34.3 Å². The molecule has 1 aromatic heterocycles. The van der Waals surface area contributed by atoms with Crippen molar-refractivity contribution < 1.29 is 32.1 Å². The fraction of sp³-hybridized carbons (Fsp3) is 0.318. The minimum atomic E-state index is -4.71. The van der Waals surface area contributed by atoms with E-state index in [0.29, 0.717) is 29.4 Å². The van der Waals surface area contributed by atoms with Crippen LogP contribution in [0.25, 0.3) is 11.4 Å². The quantitative estimate of drug-likeness (QED) is 0.446. The molecule has 1 fully saturated rings. The Hall–Kier alpha value is -2.95. The summed E-state index contributed by atoms with van der Waals surface area (Å²) in [5.41, 5.74) is 1.20. The summed E-state index contributed by atoms with van der Waals surface area (Å²) in [6.45, 7) is 2.67. The molecule has 33 heavy (non-hydrogen) atoms. The Morgan fingerprint density at radius 2 is 1.76 bits per heavy atom. The number of hydroxylamine groups is 2. The molecular formula is C22H19ClF3N3O4. The van der Waals surface area contributed by atoms with E-state index < -0.39 is 17.5 Å². The van der Waals surface area contributed by atoms with Crippen molar-refractivity contribution in [3.05, 3.63) is 70.6 Å². The van der Waals surface area contributed by atoms with E-state index in [1.165, 1.54) is 5.06 Å². The predicted molar refractivity (Wildman–Crippen MR) is 110 cm³/mol. The van der Waals surface area contributed by atoms with Crippen molar-refractivity contribution in [2.75, 3.05) is 13.2 Å². The number of nitrogens with zero attached hydrogens (tertiary/aromatic N) is 3. The van der Waals surface area contributed by atoms with E-state index in [1.807, 2.05) is 0 Å². The highest BCUT2D eigenvalue weighted by Crippen LogP contribution is 2.31. The highest BCUT2D eigenvalue weighted by atomic mass is 35.5. The first-order chi connectivity index (χ1) is 15.6. The van der Waals surface area contributed by atoms with Gasteiger partial charge in [0, 0.05) is 10.6 Å². The predicted octanol–water partition coefficient (Wildman–Crippen LogP) is 4.91. The van der Waals surface area contributed by atoms with Gasteiger partial charge in [-0.25, -0.2) is 5.06 Å².